The molecule has 11 heteroatoms. The number of nitrogens with one attached hydrogen (secondary N) is 1. The predicted octanol–water partition coefficient (Wildman–Crippen LogP) is 2.44. The zero-order valence-electron chi connectivity index (χ0n) is 15.1. The minimum atomic E-state index is -4.48. The van der Waals surface area contributed by atoms with Gasteiger partial charge in [0, 0.05) is 30.9 Å². The number of hydrogen-bond acceptors (Lipinski definition) is 4. The summed E-state index contributed by atoms with van der Waals surface area (Å²) in [6, 6.07) is 1.56. The molecule has 2 N–H and O–H groups in total. The molecule has 0 aromatic carbocycles. The van der Waals surface area contributed by atoms with Crippen LogP contribution in [-0.4, -0.2) is 43.1 Å². The van der Waals surface area contributed by atoms with Crippen LogP contribution in [0.15, 0.2) is 18.3 Å². The molecule has 0 bridgehead atoms. The van der Waals surface area contributed by atoms with Crippen LogP contribution in [0.2, 0.25) is 0 Å². The Morgan fingerprint density at radius 3 is 2.71 bits per heavy atom. The summed E-state index contributed by atoms with van der Waals surface area (Å²) in [6.07, 6.45) is -1.09. The Morgan fingerprint density at radius 1 is 1.39 bits per heavy atom. The largest absolute Gasteiger partial charge is 0.477 e. The Labute approximate surface area is 158 Å². The van der Waals surface area contributed by atoms with E-state index in [9.17, 15) is 22.8 Å². The Balaban J connectivity index is 1.54. The molecule has 0 radical (unpaired) electrons. The smallest absolute Gasteiger partial charge is 0.435 e. The summed E-state index contributed by atoms with van der Waals surface area (Å²) in [6.45, 7) is 1.99. The second kappa shape index (κ2) is 7.64. The molecule has 2 aromatic heterocycles. The second-order valence-electron chi connectivity index (χ2n) is 6.74. The van der Waals surface area contributed by atoms with Crippen LogP contribution in [0.1, 0.15) is 60.0 Å². The van der Waals surface area contributed by atoms with Gasteiger partial charge >= 0.3 is 12.1 Å². The number of carboxylic acids is 1. The molecule has 1 aliphatic carbocycles. The Bertz CT molecular complexity index is 870. The highest BCUT2D eigenvalue weighted by molar-refractivity contribution is 5.87. The fourth-order valence-electron chi connectivity index (χ4n) is 2.95. The summed E-state index contributed by atoms with van der Waals surface area (Å²) in [5.41, 5.74) is -0.422. The molecule has 1 saturated carbocycles. The quantitative estimate of drug-likeness (QED) is 0.664. The van der Waals surface area contributed by atoms with Crippen molar-refractivity contribution in [2.45, 2.75) is 50.9 Å². The van der Waals surface area contributed by atoms with Crippen LogP contribution in [0.5, 0.6) is 0 Å². The van der Waals surface area contributed by atoms with E-state index in [1.807, 2.05) is 0 Å². The van der Waals surface area contributed by atoms with Gasteiger partial charge in [0.1, 0.15) is 11.7 Å². The van der Waals surface area contributed by atoms with Crippen molar-refractivity contribution >= 4 is 11.9 Å². The van der Waals surface area contributed by atoms with Crippen LogP contribution < -0.4 is 5.32 Å². The van der Waals surface area contributed by atoms with E-state index in [1.54, 1.807) is 0 Å². The van der Waals surface area contributed by atoms with Crippen molar-refractivity contribution < 1.29 is 27.9 Å². The van der Waals surface area contributed by atoms with E-state index < -0.39 is 29.8 Å². The highest BCUT2D eigenvalue weighted by atomic mass is 19.4. The third-order valence-electron chi connectivity index (χ3n) is 4.58. The topological polar surface area (TPSA) is 102 Å². The number of nitrogens with zero attached hydrogens (tertiary/aromatic N) is 4. The fourth-order valence-corrected chi connectivity index (χ4v) is 2.95. The van der Waals surface area contributed by atoms with Crippen LogP contribution in [0.25, 0.3) is 0 Å². The molecule has 152 valence electrons. The van der Waals surface area contributed by atoms with E-state index in [0.717, 1.165) is 23.6 Å². The number of aromatic carboxylic acids is 1. The Hall–Kier alpha value is -2.85. The van der Waals surface area contributed by atoms with Gasteiger partial charge in [0.25, 0.3) is 0 Å². The minimum absolute atomic E-state index is 0.104. The van der Waals surface area contributed by atoms with Crippen molar-refractivity contribution in [3.63, 3.8) is 0 Å². The molecular weight excluding hydrogens is 379 g/mol. The summed E-state index contributed by atoms with van der Waals surface area (Å²) in [5.74, 6) is -1.50. The number of halogens is 3. The molecule has 1 fully saturated rings. The monoisotopic (exact) mass is 399 g/mol. The number of carboxylic acid groups (broad SMARTS) is 1. The number of amides is 1. The maximum atomic E-state index is 12.9. The van der Waals surface area contributed by atoms with E-state index in [1.165, 1.54) is 23.9 Å². The van der Waals surface area contributed by atoms with E-state index in [0.29, 0.717) is 12.1 Å². The lowest BCUT2D eigenvalue weighted by Gasteiger charge is -2.14. The standard InChI is InChI=1S/C17H20F3N5O3/c1-10(25-12(16(27)28)5-7-22-25)15(26)21-6-2-8-24-13(11-3-4-11)9-14(23-24)17(18,19)20/h5,7,9-11H,2-4,6,8H2,1H3,(H,21,26)(H,27,28). The highest BCUT2D eigenvalue weighted by Crippen LogP contribution is 2.42. The van der Waals surface area contributed by atoms with Crippen molar-refractivity contribution in [3.05, 3.63) is 35.4 Å². The molecule has 0 saturated heterocycles. The van der Waals surface area contributed by atoms with Gasteiger partial charge in [-0.25, -0.2) is 9.48 Å². The van der Waals surface area contributed by atoms with Gasteiger partial charge in [0.05, 0.1) is 0 Å². The number of alkyl halides is 3. The highest BCUT2D eigenvalue weighted by Gasteiger charge is 2.37. The average Bonchev–Trinajstić information content (AvgIpc) is 3.18. The SMILES string of the molecule is CC(C(=O)NCCCn1nc(C(F)(F)F)cc1C1CC1)n1nccc1C(=O)O. The predicted molar refractivity (Wildman–Crippen MR) is 90.7 cm³/mol. The van der Waals surface area contributed by atoms with Crippen molar-refractivity contribution in [2.75, 3.05) is 6.54 Å². The number of aryl methyl sites for hydroxylation is 1. The lowest BCUT2D eigenvalue weighted by atomic mass is 10.2. The van der Waals surface area contributed by atoms with Crippen molar-refractivity contribution in [1.29, 1.82) is 0 Å². The van der Waals surface area contributed by atoms with Gasteiger partial charge in [-0.2, -0.15) is 23.4 Å². The number of hydrogen-bond donors (Lipinski definition) is 2. The van der Waals surface area contributed by atoms with Crippen LogP contribution >= 0.6 is 0 Å². The fraction of sp³-hybridized carbons (Fsp3) is 0.529. The molecule has 0 spiro atoms. The summed E-state index contributed by atoms with van der Waals surface area (Å²) < 4.78 is 41.1. The van der Waals surface area contributed by atoms with Gasteiger partial charge in [-0.15, -0.1) is 0 Å². The van der Waals surface area contributed by atoms with Crippen molar-refractivity contribution in [3.8, 4) is 0 Å². The third kappa shape index (κ3) is 4.34. The van der Waals surface area contributed by atoms with Crippen LogP contribution in [-0.2, 0) is 17.5 Å². The van der Waals surface area contributed by atoms with Gasteiger partial charge in [0.2, 0.25) is 5.91 Å². The summed E-state index contributed by atoms with van der Waals surface area (Å²) in [4.78, 5) is 23.3. The zero-order valence-corrected chi connectivity index (χ0v) is 15.1. The first-order chi connectivity index (χ1) is 13.2. The maximum Gasteiger partial charge on any atom is 0.435 e. The molecular formula is C17H20F3N5O3. The lowest BCUT2D eigenvalue weighted by Crippen LogP contribution is -2.33. The number of aromatic nitrogens is 4. The van der Waals surface area contributed by atoms with Gasteiger partial charge in [0.15, 0.2) is 5.69 Å². The van der Waals surface area contributed by atoms with Gasteiger partial charge in [-0.3, -0.25) is 9.48 Å². The third-order valence-corrected chi connectivity index (χ3v) is 4.58. The maximum absolute atomic E-state index is 12.9. The zero-order chi connectivity index (χ0) is 20.5. The summed E-state index contributed by atoms with van der Waals surface area (Å²) in [5, 5.41) is 19.2. The first kappa shape index (κ1) is 19.9. The van der Waals surface area contributed by atoms with E-state index in [2.05, 4.69) is 15.5 Å². The molecule has 1 amide bonds. The first-order valence-electron chi connectivity index (χ1n) is 8.88. The normalized spacial score (nSPS) is 15.4. The minimum Gasteiger partial charge on any atom is -0.477 e. The summed E-state index contributed by atoms with van der Waals surface area (Å²) >= 11 is 0. The first-order valence-corrected chi connectivity index (χ1v) is 8.88. The molecule has 8 nitrogen and oxygen atoms in total. The van der Waals surface area contributed by atoms with E-state index in [4.69, 9.17) is 5.11 Å². The number of carbonyl (C=O) groups is 2. The molecule has 3 rings (SSSR count). The molecule has 2 heterocycles. The van der Waals surface area contributed by atoms with Gasteiger partial charge in [-0.05, 0) is 38.3 Å². The van der Waals surface area contributed by atoms with Crippen LogP contribution in [0.3, 0.4) is 0 Å². The van der Waals surface area contributed by atoms with Gasteiger partial charge < -0.3 is 10.4 Å². The van der Waals surface area contributed by atoms with E-state index >= 15 is 0 Å². The molecule has 1 atom stereocenters. The van der Waals surface area contributed by atoms with Crippen molar-refractivity contribution in [2.24, 2.45) is 0 Å². The molecule has 1 aliphatic rings. The lowest BCUT2D eigenvalue weighted by molar-refractivity contribution is -0.141. The Kier molecular flexibility index (Phi) is 5.43. The van der Waals surface area contributed by atoms with Crippen molar-refractivity contribution in [1.82, 2.24) is 24.9 Å². The number of rotatable bonds is 8. The van der Waals surface area contributed by atoms with E-state index in [-0.39, 0.29) is 24.7 Å². The van der Waals surface area contributed by atoms with Crippen LogP contribution in [0.4, 0.5) is 13.2 Å². The Morgan fingerprint density at radius 2 is 2.11 bits per heavy atom. The second-order valence-corrected chi connectivity index (χ2v) is 6.74. The molecule has 2 aromatic rings. The van der Waals surface area contributed by atoms with Crippen LogP contribution in [0, 0.1) is 0 Å². The number of carbonyl (C=O) groups excluding carboxylic acids is 1. The molecule has 0 aliphatic heterocycles. The molecule has 1 unspecified atom stereocenters. The molecule has 28 heavy (non-hydrogen) atoms. The summed E-state index contributed by atoms with van der Waals surface area (Å²) in [7, 11) is 0. The van der Waals surface area contributed by atoms with Gasteiger partial charge in [-0.1, -0.05) is 0 Å². The average molecular weight is 399 g/mol.